The van der Waals surface area contributed by atoms with Crippen molar-refractivity contribution in [3.63, 3.8) is 0 Å². The zero-order chi connectivity index (χ0) is 9.84. The minimum absolute atomic E-state index is 0.00243. The fourth-order valence-corrected chi connectivity index (χ4v) is 1.62. The second-order valence-electron chi connectivity index (χ2n) is 2.47. The standard InChI is InChI=1S/C9H10ClNOS/c1-13-6-2-3-8(10)7(4-6)9(12)5-11/h2-4H,5,11H2,1H3. The van der Waals surface area contributed by atoms with Gasteiger partial charge in [-0.15, -0.1) is 11.8 Å². The lowest BCUT2D eigenvalue weighted by Gasteiger charge is -2.03. The van der Waals surface area contributed by atoms with Gasteiger partial charge in [0.2, 0.25) is 0 Å². The zero-order valence-corrected chi connectivity index (χ0v) is 8.78. The molecular formula is C9H10ClNOS. The number of carbonyl (C=O) groups excluding carboxylic acids is 1. The number of hydrogen-bond acceptors (Lipinski definition) is 3. The number of rotatable bonds is 3. The molecule has 70 valence electrons. The van der Waals surface area contributed by atoms with Gasteiger partial charge in [0.1, 0.15) is 0 Å². The van der Waals surface area contributed by atoms with Crippen molar-refractivity contribution in [3.8, 4) is 0 Å². The average molecular weight is 216 g/mol. The quantitative estimate of drug-likeness (QED) is 0.621. The van der Waals surface area contributed by atoms with E-state index in [4.69, 9.17) is 17.3 Å². The van der Waals surface area contributed by atoms with Crippen molar-refractivity contribution in [2.75, 3.05) is 12.8 Å². The Balaban J connectivity index is 3.11. The van der Waals surface area contributed by atoms with Gasteiger partial charge in [-0.3, -0.25) is 4.79 Å². The van der Waals surface area contributed by atoms with Crippen molar-refractivity contribution in [3.05, 3.63) is 28.8 Å². The monoisotopic (exact) mass is 215 g/mol. The number of hydrogen-bond donors (Lipinski definition) is 1. The predicted molar refractivity (Wildman–Crippen MR) is 56.6 cm³/mol. The van der Waals surface area contributed by atoms with Gasteiger partial charge in [0, 0.05) is 10.5 Å². The van der Waals surface area contributed by atoms with Gasteiger partial charge in [-0.2, -0.15) is 0 Å². The topological polar surface area (TPSA) is 43.1 Å². The zero-order valence-electron chi connectivity index (χ0n) is 7.21. The minimum Gasteiger partial charge on any atom is -0.324 e. The second kappa shape index (κ2) is 4.65. The molecule has 0 amide bonds. The summed E-state index contributed by atoms with van der Waals surface area (Å²) in [7, 11) is 0. The molecule has 0 radical (unpaired) electrons. The Kier molecular flexibility index (Phi) is 3.78. The Labute approximate surface area is 86.5 Å². The fourth-order valence-electron chi connectivity index (χ4n) is 0.955. The van der Waals surface area contributed by atoms with Gasteiger partial charge in [-0.1, -0.05) is 11.6 Å². The number of halogens is 1. The molecule has 1 rings (SSSR count). The van der Waals surface area contributed by atoms with Crippen LogP contribution in [0.3, 0.4) is 0 Å². The van der Waals surface area contributed by atoms with E-state index < -0.39 is 0 Å². The highest BCUT2D eigenvalue weighted by Crippen LogP contribution is 2.22. The first-order valence-electron chi connectivity index (χ1n) is 3.76. The van der Waals surface area contributed by atoms with Crippen molar-refractivity contribution < 1.29 is 4.79 Å². The van der Waals surface area contributed by atoms with Gasteiger partial charge in [0.25, 0.3) is 0 Å². The van der Waals surface area contributed by atoms with Crippen LogP contribution in [0.25, 0.3) is 0 Å². The van der Waals surface area contributed by atoms with Crippen LogP contribution in [0, 0.1) is 0 Å². The van der Waals surface area contributed by atoms with Crippen molar-refractivity contribution >= 4 is 29.1 Å². The lowest BCUT2D eigenvalue weighted by molar-refractivity contribution is 0.100. The molecule has 0 aliphatic heterocycles. The highest BCUT2D eigenvalue weighted by Gasteiger charge is 2.08. The molecule has 0 saturated heterocycles. The normalized spacial score (nSPS) is 10.1. The third kappa shape index (κ3) is 2.46. The Morgan fingerprint density at radius 2 is 2.31 bits per heavy atom. The summed E-state index contributed by atoms with van der Waals surface area (Å²) >= 11 is 7.41. The molecule has 0 fully saturated rings. The second-order valence-corrected chi connectivity index (χ2v) is 3.76. The highest BCUT2D eigenvalue weighted by molar-refractivity contribution is 7.98. The number of nitrogens with two attached hydrogens (primary N) is 1. The van der Waals surface area contributed by atoms with Crippen LogP contribution in [0.15, 0.2) is 23.1 Å². The molecule has 0 saturated carbocycles. The number of ketones is 1. The lowest BCUT2D eigenvalue weighted by Crippen LogP contribution is -2.13. The Morgan fingerprint density at radius 1 is 1.62 bits per heavy atom. The molecule has 0 atom stereocenters. The molecule has 0 aliphatic carbocycles. The van der Waals surface area contributed by atoms with Crippen LogP contribution in [0.5, 0.6) is 0 Å². The van der Waals surface area contributed by atoms with Gasteiger partial charge >= 0.3 is 0 Å². The Bertz CT molecular complexity index is 327. The number of benzene rings is 1. The molecule has 0 unspecified atom stereocenters. The first-order chi connectivity index (χ1) is 6.19. The number of carbonyl (C=O) groups is 1. The fraction of sp³-hybridized carbons (Fsp3) is 0.222. The van der Waals surface area contributed by atoms with Gasteiger partial charge in [-0.05, 0) is 24.5 Å². The molecule has 4 heteroatoms. The van der Waals surface area contributed by atoms with E-state index in [1.54, 1.807) is 23.9 Å². The maximum Gasteiger partial charge on any atom is 0.177 e. The molecule has 1 aromatic rings. The first kappa shape index (κ1) is 10.6. The van der Waals surface area contributed by atoms with E-state index in [0.717, 1.165) is 4.90 Å². The molecule has 2 nitrogen and oxygen atoms in total. The molecule has 0 heterocycles. The molecule has 13 heavy (non-hydrogen) atoms. The van der Waals surface area contributed by atoms with Gasteiger partial charge < -0.3 is 5.73 Å². The van der Waals surface area contributed by atoms with Crippen LogP contribution >= 0.6 is 23.4 Å². The molecule has 1 aromatic carbocycles. The minimum atomic E-state index is -0.124. The average Bonchev–Trinajstić information content (AvgIpc) is 2.17. The number of Topliss-reactive ketones (excluding diaryl/α,β-unsaturated/α-hetero) is 1. The van der Waals surface area contributed by atoms with E-state index in [1.807, 2.05) is 12.3 Å². The van der Waals surface area contributed by atoms with Crippen LogP contribution in [-0.2, 0) is 0 Å². The SMILES string of the molecule is CSc1ccc(Cl)c(C(=O)CN)c1. The third-order valence-electron chi connectivity index (χ3n) is 1.66. The summed E-state index contributed by atoms with van der Waals surface area (Å²) < 4.78 is 0. The summed E-state index contributed by atoms with van der Waals surface area (Å²) in [5.41, 5.74) is 5.76. The summed E-state index contributed by atoms with van der Waals surface area (Å²) in [6.45, 7) is -0.00243. The largest absolute Gasteiger partial charge is 0.324 e. The molecule has 0 spiro atoms. The lowest BCUT2D eigenvalue weighted by atomic mass is 10.1. The first-order valence-corrected chi connectivity index (χ1v) is 5.36. The van der Waals surface area contributed by atoms with E-state index in [2.05, 4.69) is 0 Å². The van der Waals surface area contributed by atoms with E-state index in [0.29, 0.717) is 10.6 Å². The van der Waals surface area contributed by atoms with Crippen molar-refractivity contribution in [1.82, 2.24) is 0 Å². The molecule has 0 bridgehead atoms. The van der Waals surface area contributed by atoms with Crippen LogP contribution < -0.4 is 5.73 Å². The van der Waals surface area contributed by atoms with Crippen LogP contribution in [-0.4, -0.2) is 18.6 Å². The summed E-state index contributed by atoms with van der Waals surface area (Å²) in [6, 6.07) is 5.36. The van der Waals surface area contributed by atoms with Crippen molar-refractivity contribution in [1.29, 1.82) is 0 Å². The Morgan fingerprint density at radius 3 is 2.85 bits per heavy atom. The molecular weight excluding hydrogens is 206 g/mol. The van der Waals surface area contributed by atoms with Gasteiger partial charge in [-0.25, -0.2) is 0 Å². The van der Waals surface area contributed by atoms with Crippen molar-refractivity contribution in [2.24, 2.45) is 5.73 Å². The van der Waals surface area contributed by atoms with Crippen LogP contribution in [0.4, 0.5) is 0 Å². The highest BCUT2D eigenvalue weighted by atomic mass is 35.5. The number of thioether (sulfide) groups is 1. The van der Waals surface area contributed by atoms with Crippen molar-refractivity contribution in [2.45, 2.75) is 4.90 Å². The Hall–Kier alpha value is -0.510. The predicted octanol–water partition coefficient (Wildman–Crippen LogP) is 2.20. The summed E-state index contributed by atoms with van der Waals surface area (Å²) in [5, 5.41) is 0.466. The van der Waals surface area contributed by atoms with Crippen LogP contribution in [0.1, 0.15) is 10.4 Å². The summed E-state index contributed by atoms with van der Waals surface area (Å²) in [4.78, 5) is 12.3. The maximum absolute atomic E-state index is 11.3. The van der Waals surface area contributed by atoms with E-state index >= 15 is 0 Å². The van der Waals surface area contributed by atoms with Gasteiger partial charge in [0.15, 0.2) is 5.78 Å². The molecule has 0 aliphatic rings. The van der Waals surface area contributed by atoms with E-state index in [1.165, 1.54) is 0 Å². The van der Waals surface area contributed by atoms with E-state index in [9.17, 15) is 4.79 Å². The smallest absolute Gasteiger partial charge is 0.177 e. The summed E-state index contributed by atoms with van der Waals surface area (Å²) in [5.74, 6) is -0.124. The summed E-state index contributed by atoms with van der Waals surface area (Å²) in [6.07, 6.45) is 1.94. The maximum atomic E-state index is 11.3. The van der Waals surface area contributed by atoms with Crippen LogP contribution in [0.2, 0.25) is 5.02 Å². The third-order valence-corrected chi connectivity index (χ3v) is 2.71. The molecule has 0 aromatic heterocycles. The van der Waals surface area contributed by atoms with Gasteiger partial charge in [0.05, 0.1) is 11.6 Å². The molecule has 2 N–H and O–H groups in total. The van der Waals surface area contributed by atoms with E-state index in [-0.39, 0.29) is 12.3 Å².